The molecule has 1 saturated heterocycles. The minimum Gasteiger partial charge on any atom is -0.376 e. The average molecular weight is 366 g/mol. The molecule has 0 amide bonds. The van der Waals surface area contributed by atoms with Crippen LogP contribution in [-0.4, -0.2) is 35.8 Å². The fraction of sp³-hybridized carbons (Fsp3) is 0.400. The van der Waals surface area contributed by atoms with Gasteiger partial charge in [-0.25, -0.2) is 8.42 Å². The van der Waals surface area contributed by atoms with E-state index in [1.54, 1.807) is 10.9 Å². The predicted molar refractivity (Wildman–Crippen MR) is 89.7 cm³/mol. The van der Waals surface area contributed by atoms with Crippen LogP contribution in [0.25, 0.3) is 0 Å². The molecule has 0 radical (unpaired) electrons. The first-order valence-electron chi connectivity index (χ1n) is 7.85. The maximum atomic E-state index is 12.4. The number of nitrogens with one attached hydrogen (secondary N) is 1. The molecular weight excluding hydrogens is 348 g/mol. The Labute approximate surface area is 144 Å². The molecule has 1 aromatic carbocycles. The van der Waals surface area contributed by atoms with Gasteiger partial charge in [-0.05, 0) is 25.3 Å². The van der Waals surface area contributed by atoms with Crippen LogP contribution in [0.1, 0.15) is 19.3 Å². The van der Waals surface area contributed by atoms with Crippen LogP contribution in [0.4, 0.5) is 11.4 Å². The van der Waals surface area contributed by atoms with Crippen molar-refractivity contribution in [1.82, 2.24) is 9.78 Å². The minimum absolute atomic E-state index is 0.0786. The first kappa shape index (κ1) is 17.4. The van der Waals surface area contributed by atoms with Crippen molar-refractivity contribution in [1.29, 1.82) is 0 Å². The molecule has 1 aliphatic rings. The van der Waals surface area contributed by atoms with Gasteiger partial charge in [-0.3, -0.25) is 19.5 Å². The highest BCUT2D eigenvalue weighted by Gasteiger charge is 2.19. The maximum absolute atomic E-state index is 12.4. The lowest BCUT2D eigenvalue weighted by Crippen LogP contribution is -2.24. The fourth-order valence-corrected chi connectivity index (χ4v) is 3.72. The van der Waals surface area contributed by atoms with E-state index in [2.05, 4.69) is 9.82 Å². The molecule has 1 unspecified atom stereocenters. The summed E-state index contributed by atoms with van der Waals surface area (Å²) in [6, 6.07) is 4.88. The lowest BCUT2D eigenvalue weighted by molar-refractivity contribution is -0.385. The largest absolute Gasteiger partial charge is 0.376 e. The second-order valence-corrected chi connectivity index (χ2v) is 7.48. The highest BCUT2D eigenvalue weighted by molar-refractivity contribution is 7.92. The number of rotatable bonds is 6. The SMILES string of the molecule is O=[N+]([O-])c1cccc(S(=O)(=O)Nc2cnn(CC3CCCCO3)c2)c1. The highest BCUT2D eigenvalue weighted by Crippen LogP contribution is 2.21. The van der Waals surface area contributed by atoms with Crippen LogP contribution < -0.4 is 4.72 Å². The third-order valence-corrected chi connectivity index (χ3v) is 5.27. The normalized spacial score (nSPS) is 18.0. The first-order valence-corrected chi connectivity index (χ1v) is 9.34. The Morgan fingerprint density at radius 1 is 1.40 bits per heavy atom. The third-order valence-electron chi connectivity index (χ3n) is 3.89. The number of nitrogens with zero attached hydrogens (tertiary/aromatic N) is 3. The Morgan fingerprint density at radius 3 is 2.96 bits per heavy atom. The van der Waals surface area contributed by atoms with Gasteiger partial charge in [0, 0.05) is 24.9 Å². The second-order valence-electron chi connectivity index (χ2n) is 5.80. The Balaban J connectivity index is 1.71. The molecule has 0 bridgehead atoms. The topological polar surface area (TPSA) is 116 Å². The summed E-state index contributed by atoms with van der Waals surface area (Å²) in [6.45, 7) is 1.29. The molecule has 2 aromatic rings. The van der Waals surface area contributed by atoms with E-state index < -0.39 is 14.9 Å². The van der Waals surface area contributed by atoms with Crippen molar-refractivity contribution in [2.45, 2.75) is 36.8 Å². The number of hydrogen-bond donors (Lipinski definition) is 1. The number of sulfonamides is 1. The number of aromatic nitrogens is 2. The minimum atomic E-state index is -3.93. The lowest BCUT2D eigenvalue weighted by atomic mass is 10.1. The van der Waals surface area contributed by atoms with Crippen LogP contribution in [0, 0.1) is 10.1 Å². The highest BCUT2D eigenvalue weighted by atomic mass is 32.2. The van der Waals surface area contributed by atoms with Gasteiger partial charge in [0.25, 0.3) is 15.7 Å². The van der Waals surface area contributed by atoms with Crippen molar-refractivity contribution in [3.05, 3.63) is 46.8 Å². The van der Waals surface area contributed by atoms with E-state index in [9.17, 15) is 18.5 Å². The van der Waals surface area contributed by atoms with Crippen LogP contribution >= 0.6 is 0 Å². The Morgan fingerprint density at radius 2 is 2.24 bits per heavy atom. The van der Waals surface area contributed by atoms with E-state index in [1.807, 2.05) is 0 Å². The van der Waals surface area contributed by atoms with Gasteiger partial charge < -0.3 is 4.74 Å². The van der Waals surface area contributed by atoms with Crippen LogP contribution in [0.15, 0.2) is 41.6 Å². The summed E-state index contributed by atoms with van der Waals surface area (Å²) in [6.07, 6.45) is 6.18. The molecule has 1 aliphatic heterocycles. The monoisotopic (exact) mass is 366 g/mol. The maximum Gasteiger partial charge on any atom is 0.270 e. The van der Waals surface area contributed by atoms with Crippen LogP contribution in [0.3, 0.4) is 0 Å². The van der Waals surface area contributed by atoms with Crippen molar-refractivity contribution in [2.24, 2.45) is 0 Å². The Kier molecular flexibility index (Phi) is 5.00. The summed E-state index contributed by atoms with van der Waals surface area (Å²) in [5.41, 5.74) is 0.00957. The Hall–Kier alpha value is -2.46. The molecule has 2 heterocycles. The van der Waals surface area contributed by atoms with E-state index in [0.29, 0.717) is 12.2 Å². The molecule has 25 heavy (non-hydrogen) atoms. The van der Waals surface area contributed by atoms with Gasteiger partial charge in [0.05, 0.1) is 34.4 Å². The van der Waals surface area contributed by atoms with Crippen molar-refractivity contribution in [3.8, 4) is 0 Å². The van der Waals surface area contributed by atoms with Crippen molar-refractivity contribution in [2.75, 3.05) is 11.3 Å². The van der Waals surface area contributed by atoms with Gasteiger partial charge in [0.2, 0.25) is 0 Å². The number of hydrogen-bond acceptors (Lipinski definition) is 6. The summed E-state index contributed by atoms with van der Waals surface area (Å²) in [5.74, 6) is 0. The Bertz CT molecular complexity index is 858. The van der Waals surface area contributed by atoms with Crippen molar-refractivity contribution >= 4 is 21.4 Å². The molecule has 1 aromatic heterocycles. The zero-order chi connectivity index (χ0) is 17.9. The molecular formula is C15H18N4O5S. The summed E-state index contributed by atoms with van der Waals surface area (Å²) in [4.78, 5) is 9.98. The smallest absolute Gasteiger partial charge is 0.270 e. The first-order chi connectivity index (χ1) is 11.9. The predicted octanol–water partition coefficient (Wildman–Crippen LogP) is 2.16. The van der Waals surface area contributed by atoms with Crippen LogP contribution in [0.2, 0.25) is 0 Å². The van der Waals surface area contributed by atoms with Gasteiger partial charge in [-0.1, -0.05) is 6.07 Å². The van der Waals surface area contributed by atoms with Crippen molar-refractivity contribution < 1.29 is 18.1 Å². The zero-order valence-electron chi connectivity index (χ0n) is 13.4. The molecule has 134 valence electrons. The quantitative estimate of drug-likeness (QED) is 0.618. The van der Waals surface area contributed by atoms with Crippen molar-refractivity contribution in [3.63, 3.8) is 0 Å². The summed E-state index contributed by atoms with van der Waals surface area (Å²) in [7, 11) is -3.93. The molecule has 9 nitrogen and oxygen atoms in total. The number of anilines is 1. The lowest BCUT2D eigenvalue weighted by Gasteiger charge is -2.22. The summed E-state index contributed by atoms with van der Waals surface area (Å²) >= 11 is 0. The zero-order valence-corrected chi connectivity index (χ0v) is 14.2. The molecule has 3 rings (SSSR count). The van der Waals surface area contributed by atoms with Crippen LogP contribution in [-0.2, 0) is 21.3 Å². The summed E-state index contributed by atoms with van der Waals surface area (Å²) in [5, 5.41) is 14.9. The standard InChI is InChI=1S/C15H18N4O5S/c20-19(21)13-4-3-6-15(8-13)25(22,23)17-12-9-16-18(10-12)11-14-5-1-2-7-24-14/h3-4,6,8-10,14,17H,1-2,5,7,11H2. The van der Waals surface area contributed by atoms with E-state index in [1.165, 1.54) is 24.4 Å². The fourth-order valence-electron chi connectivity index (χ4n) is 2.65. The van der Waals surface area contributed by atoms with E-state index in [0.717, 1.165) is 31.9 Å². The van der Waals surface area contributed by atoms with Crippen LogP contribution in [0.5, 0.6) is 0 Å². The van der Waals surface area contributed by atoms with Gasteiger partial charge in [-0.2, -0.15) is 5.10 Å². The molecule has 0 aliphatic carbocycles. The van der Waals surface area contributed by atoms with E-state index >= 15 is 0 Å². The van der Waals surface area contributed by atoms with Gasteiger partial charge in [0.15, 0.2) is 0 Å². The number of ether oxygens (including phenoxy) is 1. The van der Waals surface area contributed by atoms with Gasteiger partial charge >= 0.3 is 0 Å². The van der Waals surface area contributed by atoms with Gasteiger partial charge in [0.1, 0.15) is 0 Å². The number of nitro groups is 1. The average Bonchev–Trinajstić information content (AvgIpc) is 3.02. The molecule has 1 N–H and O–H groups in total. The number of nitro benzene ring substituents is 1. The molecule has 0 spiro atoms. The molecule has 1 fully saturated rings. The number of non-ortho nitro benzene ring substituents is 1. The number of benzene rings is 1. The third kappa shape index (κ3) is 4.34. The molecule has 0 saturated carbocycles. The summed E-state index contributed by atoms with van der Waals surface area (Å²) < 4.78 is 34.4. The molecule has 1 atom stereocenters. The van der Waals surface area contributed by atoms with Gasteiger partial charge in [-0.15, -0.1) is 0 Å². The van der Waals surface area contributed by atoms with E-state index in [-0.39, 0.29) is 16.7 Å². The second kappa shape index (κ2) is 7.19. The molecule has 10 heteroatoms. The van der Waals surface area contributed by atoms with E-state index in [4.69, 9.17) is 4.74 Å².